The summed E-state index contributed by atoms with van der Waals surface area (Å²) in [5.41, 5.74) is 5.67. The Morgan fingerprint density at radius 1 is 1.29 bits per heavy atom. The van der Waals surface area contributed by atoms with Crippen molar-refractivity contribution in [2.75, 3.05) is 5.73 Å². The van der Waals surface area contributed by atoms with Crippen LogP contribution in [-0.2, 0) is 10.0 Å². The van der Waals surface area contributed by atoms with Gasteiger partial charge in [0.25, 0.3) is 0 Å². The highest BCUT2D eigenvalue weighted by molar-refractivity contribution is 7.89. The van der Waals surface area contributed by atoms with Crippen LogP contribution in [0.4, 0.5) is 10.1 Å². The summed E-state index contributed by atoms with van der Waals surface area (Å²) in [6, 6.07) is 3.20. The summed E-state index contributed by atoms with van der Waals surface area (Å²) in [6.45, 7) is 5.48. The van der Waals surface area contributed by atoms with Gasteiger partial charge in [0.15, 0.2) is 0 Å². The van der Waals surface area contributed by atoms with Gasteiger partial charge in [0, 0.05) is 11.7 Å². The first-order chi connectivity index (χ1) is 7.74. The molecule has 1 aromatic carbocycles. The maximum Gasteiger partial charge on any atom is 0.243 e. The Kier molecular flexibility index (Phi) is 4.11. The molecule has 0 aliphatic rings. The second-order valence-corrected chi connectivity index (χ2v) is 6.03. The Balaban J connectivity index is 3.09. The summed E-state index contributed by atoms with van der Waals surface area (Å²) in [5.74, 6) is -0.684. The van der Waals surface area contributed by atoms with Gasteiger partial charge in [0.1, 0.15) is 10.7 Å². The molecule has 1 atom stereocenters. The lowest BCUT2D eigenvalue weighted by Crippen LogP contribution is -2.36. The molecule has 3 N–H and O–H groups in total. The largest absolute Gasteiger partial charge is 0.399 e. The molecule has 4 nitrogen and oxygen atoms in total. The molecule has 0 saturated carbocycles. The van der Waals surface area contributed by atoms with Crippen molar-refractivity contribution in [1.82, 2.24) is 4.72 Å². The van der Waals surface area contributed by atoms with E-state index in [4.69, 9.17) is 5.73 Å². The van der Waals surface area contributed by atoms with Gasteiger partial charge in [0.2, 0.25) is 10.0 Å². The molecule has 1 rings (SSSR count). The average molecular weight is 260 g/mol. The van der Waals surface area contributed by atoms with Crippen LogP contribution >= 0.6 is 0 Å². The van der Waals surface area contributed by atoms with E-state index in [1.54, 1.807) is 6.92 Å². The number of anilines is 1. The zero-order valence-electron chi connectivity index (χ0n) is 10.1. The molecule has 17 heavy (non-hydrogen) atoms. The smallest absolute Gasteiger partial charge is 0.243 e. The standard InChI is InChI=1S/C11H17FN2O2S/c1-7(2)8(3)14-17(15,16)11-6-9(13)4-5-10(11)12/h4-8,14H,13H2,1-3H3. The molecular formula is C11H17FN2O2S. The first-order valence-corrected chi connectivity index (χ1v) is 6.79. The molecule has 0 aliphatic carbocycles. The van der Waals surface area contributed by atoms with Gasteiger partial charge in [0.05, 0.1) is 0 Å². The van der Waals surface area contributed by atoms with Crippen molar-refractivity contribution in [3.8, 4) is 0 Å². The van der Waals surface area contributed by atoms with Gasteiger partial charge < -0.3 is 5.73 Å². The molecule has 0 spiro atoms. The van der Waals surface area contributed by atoms with Crippen molar-refractivity contribution in [3.63, 3.8) is 0 Å². The van der Waals surface area contributed by atoms with Gasteiger partial charge in [-0.15, -0.1) is 0 Å². The number of hydrogen-bond acceptors (Lipinski definition) is 3. The summed E-state index contributed by atoms with van der Waals surface area (Å²) in [5, 5.41) is 0. The molecular weight excluding hydrogens is 243 g/mol. The fourth-order valence-electron chi connectivity index (χ4n) is 1.17. The number of halogens is 1. The highest BCUT2D eigenvalue weighted by atomic mass is 32.2. The first kappa shape index (κ1) is 13.9. The van der Waals surface area contributed by atoms with Crippen LogP contribution in [0.1, 0.15) is 20.8 Å². The molecule has 6 heteroatoms. The highest BCUT2D eigenvalue weighted by Gasteiger charge is 2.22. The molecule has 1 unspecified atom stereocenters. The third kappa shape index (κ3) is 3.41. The molecule has 96 valence electrons. The lowest BCUT2D eigenvalue weighted by Gasteiger charge is -2.17. The first-order valence-electron chi connectivity index (χ1n) is 5.31. The molecule has 0 saturated heterocycles. The zero-order valence-corrected chi connectivity index (χ0v) is 10.9. The number of nitrogens with two attached hydrogens (primary N) is 1. The van der Waals surface area contributed by atoms with E-state index in [1.807, 2.05) is 13.8 Å². The molecule has 1 aromatic rings. The zero-order chi connectivity index (χ0) is 13.2. The Morgan fingerprint density at radius 2 is 1.88 bits per heavy atom. The number of nitrogen functional groups attached to an aromatic ring is 1. The van der Waals surface area contributed by atoms with Crippen molar-refractivity contribution < 1.29 is 12.8 Å². The lowest BCUT2D eigenvalue weighted by atomic mass is 10.1. The van der Waals surface area contributed by atoms with Crippen LogP contribution < -0.4 is 10.5 Å². The van der Waals surface area contributed by atoms with Gasteiger partial charge in [-0.25, -0.2) is 17.5 Å². The van der Waals surface area contributed by atoms with Gasteiger partial charge >= 0.3 is 0 Å². The molecule has 0 heterocycles. The topological polar surface area (TPSA) is 72.2 Å². The number of sulfonamides is 1. The molecule has 0 aromatic heterocycles. The number of rotatable bonds is 4. The van der Waals surface area contributed by atoms with E-state index in [-0.39, 0.29) is 17.6 Å². The van der Waals surface area contributed by atoms with E-state index in [9.17, 15) is 12.8 Å². The van der Waals surface area contributed by atoms with Crippen LogP contribution in [0.5, 0.6) is 0 Å². The molecule has 0 radical (unpaired) electrons. The predicted octanol–water partition coefficient (Wildman–Crippen LogP) is 1.73. The molecule has 0 bridgehead atoms. The fourth-order valence-corrected chi connectivity index (χ4v) is 2.67. The van der Waals surface area contributed by atoms with Gasteiger partial charge in [-0.1, -0.05) is 13.8 Å². The lowest BCUT2D eigenvalue weighted by molar-refractivity contribution is 0.473. The molecule has 0 aliphatic heterocycles. The minimum atomic E-state index is -3.86. The van der Waals surface area contributed by atoms with Crippen LogP contribution in [0.3, 0.4) is 0 Å². The minimum Gasteiger partial charge on any atom is -0.399 e. The van der Waals surface area contributed by atoms with Gasteiger partial charge in [-0.05, 0) is 31.0 Å². The van der Waals surface area contributed by atoms with Crippen LogP contribution in [0, 0.1) is 11.7 Å². The van der Waals surface area contributed by atoms with Crippen molar-refractivity contribution in [3.05, 3.63) is 24.0 Å². The quantitative estimate of drug-likeness (QED) is 0.810. The highest BCUT2D eigenvalue weighted by Crippen LogP contribution is 2.18. The van der Waals surface area contributed by atoms with Crippen molar-refractivity contribution in [2.24, 2.45) is 5.92 Å². The SMILES string of the molecule is CC(C)C(C)NS(=O)(=O)c1cc(N)ccc1F. The van der Waals surface area contributed by atoms with Gasteiger partial charge in [-0.2, -0.15) is 0 Å². The number of nitrogens with one attached hydrogen (secondary N) is 1. The maximum absolute atomic E-state index is 13.4. The third-order valence-corrected chi connectivity index (χ3v) is 4.16. The summed E-state index contributed by atoms with van der Waals surface area (Å²) >= 11 is 0. The summed E-state index contributed by atoms with van der Waals surface area (Å²) in [6.07, 6.45) is 0. The maximum atomic E-state index is 13.4. The summed E-state index contributed by atoms with van der Waals surface area (Å²) < 4.78 is 39.7. The van der Waals surface area contributed by atoms with E-state index < -0.39 is 20.7 Å². The number of benzene rings is 1. The minimum absolute atomic E-state index is 0.119. The average Bonchev–Trinajstić information content (AvgIpc) is 2.20. The van der Waals surface area contributed by atoms with Crippen LogP contribution in [-0.4, -0.2) is 14.5 Å². The van der Waals surface area contributed by atoms with Crippen molar-refractivity contribution in [1.29, 1.82) is 0 Å². The predicted molar refractivity (Wildman–Crippen MR) is 65.4 cm³/mol. The fraction of sp³-hybridized carbons (Fsp3) is 0.455. The van der Waals surface area contributed by atoms with E-state index in [0.29, 0.717) is 0 Å². The molecule has 0 fully saturated rings. The van der Waals surface area contributed by atoms with E-state index in [0.717, 1.165) is 12.1 Å². The Hall–Kier alpha value is -1.14. The monoisotopic (exact) mass is 260 g/mol. The Morgan fingerprint density at radius 3 is 2.41 bits per heavy atom. The Bertz CT molecular complexity index is 500. The van der Waals surface area contributed by atoms with Crippen LogP contribution in [0.2, 0.25) is 0 Å². The second-order valence-electron chi connectivity index (χ2n) is 4.34. The van der Waals surface area contributed by atoms with E-state index in [1.165, 1.54) is 6.07 Å². The van der Waals surface area contributed by atoms with E-state index >= 15 is 0 Å². The number of hydrogen-bond donors (Lipinski definition) is 2. The second kappa shape index (κ2) is 5.01. The summed E-state index contributed by atoms with van der Waals surface area (Å²) in [4.78, 5) is -0.412. The third-order valence-electron chi connectivity index (χ3n) is 2.59. The molecule has 0 amide bonds. The van der Waals surface area contributed by atoms with Crippen LogP contribution in [0.25, 0.3) is 0 Å². The van der Waals surface area contributed by atoms with Crippen molar-refractivity contribution in [2.45, 2.75) is 31.7 Å². The van der Waals surface area contributed by atoms with Gasteiger partial charge in [-0.3, -0.25) is 0 Å². The van der Waals surface area contributed by atoms with E-state index in [2.05, 4.69) is 4.72 Å². The van der Waals surface area contributed by atoms with Crippen molar-refractivity contribution >= 4 is 15.7 Å². The Labute approximate surface area is 101 Å². The summed E-state index contributed by atoms with van der Waals surface area (Å²) in [7, 11) is -3.86. The van der Waals surface area contributed by atoms with Crippen LogP contribution in [0.15, 0.2) is 23.1 Å². The normalized spacial score (nSPS) is 13.9.